The lowest BCUT2D eigenvalue weighted by atomic mass is 10.2. The van der Waals surface area contributed by atoms with Gasteiger partial charge in [0.05, 0.1) is 11.0 Å². The average molecular weight is 308 g/mol. The molecule has 0 amide bonds. The second-order valence-corrected chi connectivity index (χ2v) is 6.16. The predicted molar refractivity (Wildman–Crippen MR) is 89.2 cm³/mol. The Morgan fingerprint density at radius 1 is 1.13 bits per heavy atom. The van der Waals surface area contributed by atoms with E-state index in [0.717, 1.165) is 40.6 Å². The van der Waals surface area contributed by atoms with Crippen molar-refractivity contribution in [2.75, 3.05) is 0 Å². The van der Waals surface area contributed by atoms with Crippen LogP contribution in [-0.2, 0) is 19.8 Å². The van der Waals surface area contributed by atoms with Crippen LogP contribution in [0.4, 0.5) is 0 Å². The summed E-state index contributed by atoms with van der Waals surface area (Å²) in [5.41, 5.74) is 3.11. The first-order chi connectivity index (χ1) is 11.3. The van der Waals surface area contributed by atoms with Crippen LogP contribution < -0.4 is 4.74 Å². The minimum absolute atomic E-state index is 0.0262. The van der Waals surface area contributed by atoms with Crippen LogP contribution in [0.15, 0.2) is 48.5 Å². The Labute approximate surface area is 135 Å². The third-order valence-electron chi connectivity index (χ3n) is 4.33. The second-order valence-electron chi connectivity index (χ2n) is 6.16. The maximum absolute atomic E-state index is 9.56. The highest BCUT2D eigenvalue weighted by atomic mass is 16.5. The van der Waals surface area contributed by atoms with E-state index in [-0.39, 0.29) is 6.61 Å². The van der Waals surface area contributed by atoms with Crippen molar-refractivity contribution in [3.8, 4) is 5.75 Å². The molecule has 1 aromatic heterocycles. The van der Waals surface area contributed by atoms with Crippen molar-refractivity contribution in [1.29, 1.82) is 0 Å². The number of fused-ring (bicyclic) bond motifs is 1. The van der Waals surface area contributed by atoms with Crippen molar-refractivity contribution in [2.24, 2.45) is 5.92 Å². The van der Waals surface area contributed by atoms with Gasteiger partial charge in [-0.2, -0.15) is 0 Å². The van der Waals surface area contributed by atoms with E-state index in [1.165, 1.54) is 12.8 Å². The summed E-state index contributed by atoms with van der Waals surface area (Å²) in [5, 5.41) is 9.56. The van der Waals surface area contributed by atoms with Crippen molar-refractivity contribution in [3.05, 3.63) is 59.9 Å². The van der Waals surface area contributed by atoms with Crippen molar-refractivity contribution in [3.63, 3.8) is 0 Å². The van der Waals surface area contributed by atoms with E-state index in [1.54, 1.807) is 0 Å². The highest BCUT2D eigenvalue weighted by Gasteiger charge is 2.24. The van der Waals surface area contributed by atoms with Gasteiger partial charge in [-0.3, -0.25) is 0 Å². The minimum atomic E-state index is -0.0262. The van der Waals surface area contributed by atoms with Gasteiger partial charge >= 0.3 is 0 Å². The van der Waals surface area contributed by atoms with Crippen molar-refractivity contribution in [1.82, 2.24) is 9.55 Å². The molecule has 3 aromatic rings. The van der Waals surface area contributed by atoms with E-state index in [4.69, 9.17) is 4.74 Å². The van der Waals surface area contributed by atoms with Crippen LogP contribution >= 0.6 is 0 Å². The lowest BCUT2D eigenvalue weighted by Gasteiger charge is -2.09. The van der Waals surface area contributed by atoms with Gasteiger partial charge in [-0.1, -0.05) is 30.3 Å². The summed E-state index contributed by atoms with van der Waals surface area (Å²) in [4.78, 5) is 4.53. The highest BCUT2D eigenvalue weighted by molar-refractivity contribution is 5.77. The molecule has 23 heavy (non-hydrogen) atoms. The number of aromatic nitrogens is 2. The third kappa shape index (κ3) is 3.08. The molecule has 0 saturated heterocycles. The summed E-state index contributed by atoms with van der Waals surface area (Å²) in [7, 11) is 0. The van der Waals surface area contributed by atoms with Gasteiger partial charge in [0, 0.05) is 12.6 Å². The van der Waals surface area contributed by atoms with Crippen LogP contribution in [-0.4, -0.2) is 14.7 Å². The SMILES string of the molecule is OCc1nc2ccc(OCc3ccccc3)cc2n1CC1CC1. The molecule has 1 aliphatic carbocycles. The van der Waals surface area contributed by atoms with Gasteiger partial charge in [-0.15, -0.1) is 0 Å². The minimum Gasteiger partial charge on any atom is -0.489 e. The Morgan fingerprint density at radius 2 is 1.96 bits per heavy atom. The molecule has 1 saturated carbocycles. The Kier molecular flexibility index (Phi) is 3.75. The van der Waals surface area contributed by atoms with Gasteiger partial charge in [0.1, 0.15) is 24.8 Å². The lowest BCUT2D eigenvalue weighted by Crippen LogP contribution is -2.05. The van der Waals surface area contributed by atoms with E-state index in [0.29, 0.717) is 6.61 Å². The van der Waals surface area contributed by atoms with Crippen LogP contribution in [0.2, 0.25) is 0 Å². The van der Waals surface area contributed by atoms with Gasteiger partial charge in [0.2, 0.25) is 0 Å². The number of hydrogen-bond acceptors (Lipinski definition) is 3. The Hall–Kier alpha value is -2.33. The maximum atomic E-state index is 9.56. The molecule has 1 fully saturated rings. The molecule has 0 aliphatic heterocycles. The zero-order chi connectivity index (χ0) is 15.6. The fraction of sp³-hybridized carbons (Fsp3) is 0.316. The average Bonchev–Trinajstić information content (AvgIpc) is 3.35. The van der Waals surface area contributed by atoms with Crippen molar-refractivity contribution in [2.45, 2.75) is 32.6 Å². The third-order valence-corrected chi connectivity index (χ3v) is 4.33. The first kappa shape index (κ1) is 14.3. The normalized spacial score (nSPS) is 14.3. The predicted octanol–water partition coefficient (Wildman–Crippen LogP) is 3.52. The Morgan fingerprint density at radius 3 is 2.70 bits per heavy atom. The monoisotopic (exact) mass is 308 g/mol. The maximum Gasteiger partial charge on any atom is 0.135 e. The molecule has 118 valence electrons. The highest BCUT2D eigenvalue weighted by Crippen LogP contribution is 2.33. The van der Waals surface area contributed by atoms with Crippen LogP contribution in [0.25, 0.3) is 11.0 Å². The van der Waals surface area contributed by atoms with Crippen molar-refractivity contribution < 1.29 is 9.84 Å². The molecule has 0 unspecified atom stereocenters. The van der Waals surface area contributed by atoms with Crippen molar-refractivity contribution >= 4 is 11.0 Å². The van der Waals surface area contributed by atoms with Crippen LogP contribution in [0.1, 0.15) is 24.2 Å². The van der Waals surface area contributed by atoms with E-state index in [9.17, 15) is 5.11 Å². The molecule has 1 heterocycles. The van der Waals surface area contributed by atoms with Gasteiger partial charge in [-0.05, 0) is 36.5 Å². The molecule has 2 aromatic carbocycles. The number of benzene rings is 2. The van der Waals surface area contributed by atoms with E-state index >= 15 is 0 Å². The lowest BCUT2D eigenvalue weighted by molar-refractivity contribution is 0.265. The number of aliphatic hydroxyl groups excluding tert-OH is 1. The number of hydrogen-bond donors (Lipinski definition) is 1. The molecule has 0 atom stereocenters. The largest absolute Gasteiger partial charge is 0.489 e. The fourth-order valence-electron chi connectivity index (χ4n) is 2.87. The quantitative estimate of drug-likeness (QED) is 0.758. The molecule has 4 nitrogen and oxygen atoms in total. The standard InChI is InChI=1S/C19H20N2O2/c22-12-19-20-17-9-8-16(23-13-15-4-2-1-3-5-15)10-18(17)21(19)11-14-6-7-14/h1-5,8-10,14,22H,6-7,11-13H2. The van der Waals surface area contributed by atoms with E-state index in [2.05, 4.69) is 21.7 Å². The summed E-state index contributed by atoms with van der Waals surface area (Å²) in [5.74, 6) is 2.31. The van der Waals surface area contributed by atoms with Crippen LogP contribution in [0, 0.1) is 5.92 Å². The topological polar surface area (TPSA) is 47.3 Å². The van der Waals surface area contributed by atoms with E-state index < -0.39 is 0 Å². The second kappa shape index (κ2) is 6.05. The summed E-state index contributed by atoms with van der Waals surface area (Å²) >= 11 is 0. The molecule has 1 aliphatic rings. The van der Waals surface area contributed by atoms with Gasteiger partial charge in [0.25, 0.3) is 0 Å². The number of aliphatic hydroxyl groups is 1. The molecule has 4 rings (SSSR count). The van der Waals surface area contributed by atoms with Gasteiger partial charge in [-0.25, -0.2) is 4.98 Å². The number of ether oxygens (including phenoxy) is 1. The molecular weight excluding hydrogens is 288 g/mol. The molecule has 0 bridgehead atoms. The van der Waals surface area contributed by atoms with E-state index in [1.807, 2.05) is 36.4 Å². The summed E-state index contributed by atoms with van der Waals surface area (Å²) in [6.45, 7) is 1.46. The molecule has 1 N–H and O–H groups in total. The molecule has 0 radical (unpaired) electrons. The smallest absolute Gasteiger partial charge is 0.135 e. The Balaban J connectivity index is 1.60. The summed E-state index contributed by atoms with van der Waals surface area (Å²) in [6, 6.07) is 16.1. The van der Waals surface area contributed by atoms with Gasteiger partial charge in [0.15, 0.2) is 0 Å². The van der Waals surface area contributed by atoms with Gasteiger partial charge < -0.3 is 14.4 Å². The van der Waals surface area contributed by atoms with Crippen LogP contribution in [0.5, 0.6) is 5.75 Å². The number of nitrogens with zero attached hydrogens (tertiary/aromatic N) is 2. The molecule has 0 spiro atoms. The number of rotatable bonds is 6. The Bertz CT molecular complexity index is 807. The fourth-order valence-corrected chi connectivity index (χ4v) is 2.87. The zero-order valence-corrected chi connectivity index (χ0v) is 13.0. The number of imidazole rings is 1. The zero-order valence-electron chi connectivity index (χ0n) is 13.0. The van der Waals surface area contributed by atoms with Crippen LogP contribution in [0.3, 0.4) is 0 Å². The molecule has 4 heteroatoms. The molecular formula is C19H20N2O2. The summed E-state index contributed by atoms with van der Waals surface area (Å²) < 4.78 is 8.06. The summed E-state index contributed by atoms with van der Waals surface area (Å²) in [6.07, 6.45) is 2.55. The first-order valence-corrected chi connectivity index (χ1v) is 8.10. The first-order valence-electron chi connectivity index (χ1n) is 8.10.